The smallest absolute Gasteiger partial charge is 0.407 e. The molecule has 2 aromatic heterocycles. The lowest BCUT2D eigenvalue weighted by atomic mass is 10.2. The van der Waals surface area contributed by atoms with Gasteiger partial charge in [-0.05, 0) is 52.7 Å². The van der Waals surface area contributed by atoms with Crippen molar-refractivity contribution in [3.63, 3.8) is 0 Å². The zero-order valence-corrected chi connectivity index (χ0v) is 19.2. The van der Waals surface area contributed by atoms with Gasteiger partial charge in [0.1, 0.15) is 17.7 Å². The molecular weight excluding hydrogens is 410 g/mol. The molecule has 0 atom stereocenters. The Labute approximate surface area is 188 Å². The van der Waals surface area contributed by atoms with Gasteiger partial charge in [-0.25, -0.2) is 9.48 Å². The summed E-state index contributed by atoms with van der Waals surface area (Å²) in [6.45, 7) is 8.75. The summed E-state index contributed by atoms with van der Waals surface area (Å²) in [4.78, 5) is 30.6. The number of carbonyl (C=O) groups excluding carboxylic acids is 2. The van der Waals surface area contributed by atoms with Gasteiger partial charge in [0.2, 0.25) is 5.95 Å². The molecule has 0 unspecified atom stereocenters. The van der Waals surface area contributed by atoms with Gasteiger partial charge in [-0.3, -0.25) is 4.79 Å². The number of aldehydes is 1. The molecule has 32 heavy (non-hydrogen) atoms. The number of hydrogen-bond donors (Lipinski definition) is 3. The predicted octanol–water partition coefficient (Wildman–Crippen LogP) is 3.26. The zero-order valence-electron chi connectivity index (χ0n) is 19.2. The third-order valence-electron chi connectivity index (χ3n) is 4.43. The number of rotatable bonds is 11. The average molecular weight is 444 g/mol. The van der Waals surface area contributed by atoms with Crippen molar-refractivity contribution in [1.29, 1.82) is 0 Å². The fourth-order valence-corrected chi connectivity index (χ4v) is 2.94. The monoisotopic (exact) mass is 443 g/mol. The molecule has 0 bridgehead atoms. The Morgan fingerprint density at radius 3 is 2.59 bits per heavy atom. The van der Waals surface area contributed by atoms with E-state index in [4.69, 9.17) is 10.5 Å². The van der Waals surface area contributed by atoms with E-state index in [1.54, 1.807) is 23.0 Å². The number of ether oxygens (including phenoxy) is 1. The lowest BCUT2D eigenvalue weighted by molar-refractivity contribution is -0.104. The molecule has 2 heterocycles. The number of aromatic nitrogens is 4. The quantitative estimate of drug-likeness (QED) is 0.273. The summed E-state index contributed by atoms with van der Waals surface area (Å²) < 4.78 is 6.86. The maximum absolute atomic E-state index is 11.6. The Morgan fingerprint density at radius 1 is 1.19 bits per heavy atom. The summed E-state index contributed by atoms with van der Waals surface area (Å²) in [6, 6.07) is 1.79. The zero-order chi connectivity index (χ0) is 23.6. The number of amides is 1. The number of nitrogen functional groups attached to an aromatic ring is 1. The van der Waals surface area contributed by atoms with Crippen LogP contribution >= 0.6 is 0 Å². The van der Waals surface area contributed by atoms with Crippen LogP contribution in [-0.4, -0.2) is 50.8 Å². The molecule has 174 valence electrons. The highest BCUT2D eigenvalue weighted by Gasteiger charge is 2.15. The van der Waals surface area contributed by atoms with E-state index in [0.717, 1.165) is 49.8 Å². The van der Waals surface area contributed by atoms with Crippen LogP contribution in [0.4, 0.5) is 16.6 Å². The van der Waals surface area contributed by atoms with Crippen LogP contribution in [0.2, 0.25) is 0 Å². The number of allylic oxidation sites excluding steroid dienone is 1. The summed E-state index contributed by atoms with van der Waals surface area (Å²) in [5, 5.41) is 10.4. The third kappa shape index (κ3) is 8.37. The van der Waals surface area contributed by atoms with Gasteiger partial charge in [-0.2, -0.15) is 15.1 Å². The first kappa shape index (κ1) is 24.8. The van der Waals surface area contributed by atoms with Crippen molar-refractivity contribution in [1.82, 2.24) is 25.1 Å². The number of alkyl carbamates (subject to hydrolysis) is 1. The third-order valence-corrected chi connectivity index (χ3v) is 4.43. The van der Waals surface area contributed by atoms with Crippen LogP contribution in [0.15, 0.2) is 18.3 Å². The van der Waals surface area contributed by atoms with E-state index < -0.39 is 5.60 Å². The summed E-state index contributed by atoms with van der Waals surface area (Å²) in [6.07, 6.45) is 8.98. The molecule has 4 N–H and O–H groups in total. The highest BCUT2D eigenvalue weighted by atomic mass is 16.6. The summed E-state index contributed by atoms with van der Waals surface area (Å²) in [5.41, 5.74) is 7.06. The summed E-state index contributed by atoms with van der Waals surface area (Å²) in [7, 11) is 0. The molecule has 0 aliphatic carbocycles. The van der Waals surface area contributed by atoms with Gasteiger partial charge >= 0.3 is 6.09 Å². The summed E-state index contributed by atoms with van der Waals surface area (Å²) in [5.74, 6) is 1.33. The fraction of sp³-hybridized carbons (Fsp3) is 0.500. The standard InChI is InChI=1S/C22H33N7O3/c1-16-17(10-9-13-30)15-26-29(16)19-14-18(27-20(23)28-19)24-11-7-5-6-8-12-25-21(31)32-22(2,3)4/h9-10,13-15H,5-8,11-12H2,1-4H3,(H,25,31)(H3,23,24,27,28). The minimum Gasteiger partial charge on any atom is -0.444 e. The first-order chi connectivity index (χ1) is 15.2. The van der Waals surface area contributed by atoms with Crippen molar-refractivity contribution in [2.24, 2.45) is 0 Å². The molecule has 2 aromatic rings. The lowest BCUT2D eigenvalue weighted by Crippen LogP contribution is -2.32. The average Bonchev–Trinajstić information content (AvgIpc) is 3.07. The Hall–Kier alpha value is -3.43. The lowest BCUT2D eigenvalue weighted by Gasteiger charge is -2.19. The minimum atomic E-state index is -0.480. The van der Waals surface area contributed by atoms with Crippen LogP contribution in [-0.2, 0) is 9.53 Å². The van der Waals surface area contributed by atoms with Gasteiger partial charge in [0.25, 0.3) is 0 Å². The minimum absolute atomic E-state index is 0.151. The number of unbranched alkanes of at least 4 members (excludes halogenated alkanes) is 3. The number of carbonyl (C=O) groups is 2. The Morgan fingerprint density at radius 2 is 1.91 bits per heavy atom. The number of nitrogens with zero attached hydrogens (tertiary/aromatic N) is 4. The van der Waals surface area contributed by atoms with E-state index in [1.165, 1.54) is 6.08 Å². The number of anilines is 2. The molecule has 0 fully saturated rings. The van der Waals surface area contributed by atoms with Gasteiger partial charge in [0.15, 0.2) is 5.82 Å². The molecule has 0 saturated carbocycles. The van der Waals surface area contributed by atoms with Crippen LogP contribution in [0.1, 0.15) is 57.7 Å². The SMILES string of the molecule is Cc1c(C=CC=O)cnn1-c1cc(NCCCCCCNC(=O)OC(C)(C)C)nc(N)n1. The van der Waals surface area contributed by atoms with Crippen LogP contribution < -0.4 is 16.4 Å². The van der Waals surface area contributed by atoms with Crippen molar-refractivity contribution in [3.8, 4) is 5.82 Å². The second kappa shape index (κ2) is 11.8. The Bertz CT molecular complexity index is 932. The molecule has 2 rings (SSSR count). The van der Waals surface area contributed by atoms with Crippen LogP contribution in [0.25, 0.3) is 11.9 Å². The molecule has 0 aromatic carbocycles. The number of nitrogens with one attached hydrogen (secondary N) is 2. The molecule has 0 spiro atoms. The molecule has 10 nitrogen and oxygen atoms in total. The van der Waals surface area contributed by atoms with Gasteiger partial charge < -0.3 is 21.1 Å². The summed E-state index contributed by atoms with van der Waals surface area (Å²) >= 11 is 0. The normalized spacial score (nSPS) is 11.5. The van der Waals surface area contributed by atoms with Gasteiger partial charge in [-0.1, -0.05) is 12.8 Å². The van der Waals surface area contributed by atoms with Gasteiger partial charge in [-0.15, -0.1) is 0 Å². The molecular formula is C22H33N7O3. The van der Waals surface area contributed by atoms with E-state index >= 15 is 0 Å². The van der Waals surface area contributed by atoms with E-state index in [0.29, 0.717) is 18.2 Å². The topological polar surface area (TPSA) is 137 Å². The van der Waals surface area contributed by atoms with E-state index in [-0.39, 0.29) is 12.0 Å². The van der Waals surface area contributed by atoms with E-state index in [2.05, 4.69) is 25.7 Å². The number of nitrogens with two attached hydrogens (primary N) is 1. The van der Waals surface area contributed by atoms with Crippen LogP contribution in [0.5, 0.6) is 0 Å². The van der Waals surface area contributed by atoms with Crippen LogP contribution in [0.3, 0.4) is 0 Å². The second-order valence-corrected chi connectivity index (χ2v) is 8.33. The first-order valence-electron chi connectivity index (χ1n) is 10.7. The van der Waals surface area contributed by atoms with Crippen molar-refractivity contribution < 1.29 is 14.3 Å². The second-order valence-electron chi connectivity index (χ2n) is 8.33. The largest absolute Gasteiger partial charge is 0.444 e. The molecule has 0 saturated heterocycles. The van der Waals surface area contributed by atoms with Crippen molar-refractivity contribution in [2.45, 2.75) is 59.0 Å². The number of hydrogen-bond acceptors (Lipinski definition) is 8. The van der Waals surface area contributed by atoms with Crippen LogP contribution in [0, 0.1) is 6.92 Å². The maximum atomic E-state index is 11.6. The highest BCUT2D eigenvalue weighted by molar-refractivity contribution is 5.74. The first-order valence-corrected chi connectivity index (χ1v) is 10.7. The van der Waals surface area contributed by atoms with Crippen molar-refractivity contribution in [2.75, 3.05) is 24.1 Å². The Balaban J connectivity index is 1.76. The predicted molar refractivity (Wildman–Crippen MR) is 125 cm³/mol. The molecule has 10 heteroatoms. The Kier molecular flexibility index (Phi) is 9.18. The van der Waals surface area contributed by atoms with Crippen molar-refractivity contribution >= 4 is 30.2 Å². The molecule has 1 amide bonds. The molecule has 0 radical (unpaired) electrons. The molecule has 0 aliphatic heterocycles. The van der Waals surface area contributed by atoms with Gasteiger partial charge in [0.05, 0.1) is 11.9 Å². The molecule has 0 aliphatic rings. The highest BCUT2D eigenvalue weighted by Crippen LogP contribution is 2.17. The maximum Gasteiger partial charge on any atom is 0.407 e. The van der Waals surface area contributed by atoms with Gasteiger partial charge in [0, 0.05) is 24.7 Å². The van der Waals surface area contributed by atoms with Crippen molar-refractivity contribution in [3.05, 3.63) is 29.6 Å². The van der Waals surface area contributed by atoms with E-state index in [9.17, 15) is 9.59 Å². The van der Waals surface area contributed by atoms with E-state index in [1.807, 2.05) is 27.7 Å². The fourth-order valence-electron chi connectivity index (χ4n) is 2.94.